The number of nitrogens with one attached hydrogen (secondary N) is 2. The zero-order valence-electron chi connectivity index (χ0n) is 15.8. The van der Waals surface area contributed by atoms with Crippen LogP contribution in [0.4, 0.5) is 5.82 Å². The monoisotopic (exact) mass is 377 g/mol. The molecule has 0 saturated heterocycles. The number of amides is 1. The van der Waals surface area contributed by atoms with Crippen molar-refractivity contribution in [1.82, 2.24) is 19.9 Å². The number of fused-ring (bicyclic) bond motifs is 1. The zero-order valence-corrected chi connectivity index (χ0v) is 15.8. The van der Waals surface area contributed by atoms with Gasteiger partial charge in [-0.3, -0.25) is 4.79 Å². The maximum atomic E-state index is 12.4. The number of carbonyl (C=O) groups is 1. The largest absolute Gasteiger partial charge is 0.480 e. The van der Waals surface area contributed by atoms with E-state index in [4.69, 9.17) is 4.74 Å². The average molecular weight is 377 g/mol. The van der Waals surface area contributed by atoms with Gasteiger partial charge in [0.15, 0.2) is 6.10 Å². The molecule has 0 radical (unpaired) electrons. The van der Waals surface area contributed by atoms with Crippen molar-refractivity contribution in [1.29, 1.82) is 0 Å². The molecule has 0 bridgehead atoms. The lowest BCUT2D eigenvalue weighted by Crippen LogP contribution is -2.42. The Bertz CT molecular complexity index is 955. The Kier molecular flexibility index (Phi) is 5.23. The molecule has 7 heteroatoms. The van der Waals surface area contributed by atoms with E-state index in [0.717, 1.165) is 29.4 Å². The van der Waals surface area contributed by atoms with E-state index in [1.165, 1.54) is 0 Å². The maximum Gasteiger partial charge on any atom is 0.261 e. The molecule has 1 aromatic carbocycles. The number of benzene rings is 1. The van der Waals surface area contributed by atoms with Crippen LogP contribution in [0.15, 0.2) is 54.9 Å². The summed E-state index contributed by atoms with van der Waals surface area (Å²) >= 11 is 0. The van der Waals surface area contributed by atoms with E-state index in [1.54, 1.807) is 0 Å². The second-order valence-electron chi connectivity index (χ2n) is 6.72. The lowest BCUT2D eigenvalue weighted by Gasteiger charge is -2.25. The number of carbonyl (C=O) groups excluding carboxylic acids is 1. The van der Waals surface area contributed by atoms with Crippen LogP contribution in [0.1, 0.15) is 17.8 Å². The van der Waals surface area contributed by atoms with Crippen molar-refractivity contribution in [2.24, 2.45) is 0 Å². The fraction of sp³-hybridized carbons (Fsp3) is 0.286. The number of hydrogen-bond donors (Lipinski definition) is 2. The average Bonchev–Trinajstić information content (AvgIpc) is 3.25. The molecule has 0 spiro atoms. The smallest absolute Gasteiger partial charge is 0.261 e. The van der Waals surface area contributed by atoms with Gasteiger partial charge in [0.2, 0.25) is 0 Å². The van der Waals surface area contributed by atoms with Gasteiger partial charge < -0.3 is 19.9 Å². The Hall–Kier alpha value is -3.35. The molecule has 4 rings (SSSR count). The third kappa shape index (κ3) is 4.14. The van der Waals surface area contributed by atoms with Gasteiger partial charge in [0.05, 0.1) is 0 Å². The van der Waals surface area contributed by atoms with Crippen LogP contribution in [0.2, 0.25) is 0 Å². The van der Waals surface area contributed by atoms with Crippen LogP contribution in [0.3, 0.4) is 0 Å². The van der Waals surface area contributed by atoms with E-state index in [-0.39, 0.29) is 5.91 Å². The van der Waals surface area contributed by atoms with Crippen molar-refractivity contribution >= 4 is 11.7 Å². The fourth-order valence-electron chi connectivity index (χ4n) is 3.26. The molecule has 0 aliphatic carbocycles. The number of rotatable bonds is 6. The highest BCUT2D eigenvalue weighted by atomic mass is 16.5. The number of nitrogens with zero attached hydrogens (tertiary/aromatic N) is 3. The number of aryl methyl sites for hydroxylation is 2. The predicted molar refractivity (Wildman–Crippen MR) is 107 cm³/mol. The lowest BCUT2D eigenvalue weighted by molar-refractivity contribution is -0.128. The normalized spacial score (nSPS) is 15.4. The van der Waals surface area contributed by atoms with Crippen LogP contribution in [-0.2, 0) is 11.2 Å². The molecule has 144 valence electrons. The quantitative estimate of drug-likeness (QED) is 0.645. The molecule has 2 aromatic heterocycles. The summed E-state index contributed by atoms with van der Waals surface area (Å²) in [5, 5.41) is 6.18. The Morgan fingerprint density at radius 1 is 1.18 bits per heavy atom. The number of ether oxygens (including phenoxy) is 1. The Morgan fingerprint density at radius 3 is 2.86 bits per heavy atom. The summed E-state index contributed by atoms with van der Waals surface area (Å²) < 4.78 is 7.76. The van der Waals surface area contributed by atoms with Gasteiger partial charge in [-0.2, -0.15) is 0 Å². The zero-order chi connectivity index (χ0) is 19.3. The molecule has 28 heavy (non-hydrogen) atoms. The van der Waals surface area contributed by atoms with Crippen molar-refractivity contribution in [2.45, 2.75) is 25.9 Å². The summed E-state index contributed by atoms with van der Waals surface area (Å²) in [5.74, 6) is 2.95. The second-order valence-corrected chi connectivity index (χ2v) is 6.72. The molecule has 7 nitrogen and oxygen atoms in total. The molecule has 0 saturated carbocycles. The Labute approximate surface area is 163 Å². The SMILES string of the molecule is Cc1nc(NCCNC(=O)C2CCc3ccccc3O2)cc(-n2cccc2)n1. The van der Waals surface area contributed by atoms with E-state index >= 15 is 0 Å². The first-order chi connectivity index (χ1) is 13.7. The van der Waals surface area contributed by atoms with E-state index in [1.807, 2.05) is 66.3 Å². The summed E-state index contributed by atoms with van der Waals surface area (Å²) in [6, 6.07) is 13.7. The molecule has 1 aliphatic rings. The third-order valence-electron chi connectivity index (χ3n) is 4.63. The summed E-state index contributed by atoms with van der Waals surface area (Å²) in [7, 11) is 0. The minimum absolute atomic E-state index is 0.0804. The van der Waals surface area contributed by atoms with E-state index in [2.05, 4.69) is 20.6 Å². The van der Waals surface area contributed by atoms with Crippen molar-refractivity contribution in [3.63, 3.8) is 0 Å². The van der Waals surface area contributed by atoms with Gasteiger partial charge in [-0.05, 0) is 43.5 Å². The van der Waals surface area contributed by atoms with Crippen LogP contribution in [0, 0.1) is 6.92 Å². The van der Waals surface area contributed by atoms with Gasteiger partial charge in [0.25, 0.3) is 5.91 Å². The highest BCUT2D eigenvalue weighted by Crippen LogP contribution is 2.26. The molecule has 3 heterocycles. The Morgan fingerprint density at radius 2 is 2.00 bits per heavy atom. The number of aromatic nitrogens is 3. The van der Waals surface area contributed by atoms with Crippen LogP contribution >= 0.6 is 0 Å². The maximum absolute atomic E-state index is 12.4. The lowest BCUT2D eigenvalue weighted by atomic mass is 10.0. The van der Waals surface area contributed by atoms with E-state index < -0.39 is 6.10 Å². The number of anilines is 1. The van der Waals surface area contributed by atoms with Gasteiger partial charge in [-0.25, -0.2) is 9.97 Å². The predicted octanol–water partition coefficient (Wildman–Crippen LogP) is 2.50. The first-order valence-corrected chi connectivity index (χ1v) is 9.44. The van der Waals surface area contributed by atoms with Crippen molar-refractivity contribution in [2.75, 3.05) is 18.4 Å². The molecule has 1 aliphatic heterocycles. The van der Waals surface area contributed by atoms with Crippen LogP contribution in [0.25, 0.3) is 5.82 Å². The summed E-state index contributed by atoms with van der Waals surface area (Å²) in [6.07, 6.45) is 5.00. The van der Waals surface area contributed by atoms with Crippen molar-refractivity contribution in [3.05, 3.63) is 66.2 Å². The highest BCUT2D eigenvalue weighted by Gasteiger charge is 2.25. The summed E-state index contributed by atoms with van der Waals surface area (Å²) in [4.78, 5) is 21.2. The first kappa shape index (κ1) is 18.0. The molecule has 1 atom stereocenters. The summed E-state index contributed by atoms with van der Waals surface area (Å²) in [5.41, 5.74) is 1.16. The highest BCUT2D eigenvalue weighted by molar-refractivity contribution is 5.81. The summed E-state index contributed by atoms with van der Waals surface area (Å²) in [6.45, 7) is 2.91. The van der Waals surface area contributed by atoms with Crippen LogP contribution in [0.5, 0.6) is 5.75 Å². The van der Waals surface area contributed by atoms with Gasteiger partial charge in [-0.15, -0.1) is 0 Å². The van der Waals surface area contributed by atoms with Gasteiger partial charge in [-0.1, -0.05) is 18.2 Å². The Balaban J connectivity index is 1.28. The third-order valence-corrected chi connectivity index (χ3v) is 4.63. The van der Waals surface area contributed by atoms with Gasteiger partial charge in [0, 0.05) is 31.5 Å². The van der Waals surface area contributed by atoms with Crippen LogP contribution < -0.4 is 15.4 Å². The molecular formula is C21H23N5O2. The minimum atomic E-state index is -0.434. The molecule has 1 unspecified atom stereocenters. The molecule has 3 aromatic rings. The molecular weight excluding hydrogens is 354 g/mol. The standard InChI is InChI=1S/C21H23N5O2/c1-15-24-19(14-20(25-15)26-12-4-5-13-26)22-10-11-23-21(27)18-9-8-16-6-2-3-7-17(16)28-18/h2-7,12-14,18H,8-11H2,1H3,(H,23,27)(H,22,24,25). The topological polar surface area (TPSA) is 81.1 Å². The number of para-hydroxylation sites is 1. The van der Waals surface area contributed by atoms with Gasteiger partial charge >= 0.3 is 0 Å². The van der Waals surface area contributed by atoms with Crippen molar-refractivity contribution in [3.8, 4) is 11.6 Å². The second kappa shape index (κ2) is 8.12. The van der Waals surface area contributed by atoms with Gasteiger partial charge in [0.1, 0.15) is 23.2 Å². The fourth-order valence-corrected chi connectivity index (χ4v) is 3.26. The van der Waals surface area contributed by atoms with E-state index in [9.17, 15) is 4.79 Å². The minimum Gasteiger partial charge on any atom is -0.480 e. The van der Waals surface area contributed by atoms with Crippen LogP contribution in [-0.4, -0.2) is 39.6 Å². The molecule has 0 fully saturated rings. The molecule has 2 N–H and O–H groups in total. The van der Waals surface area contributed by atoms with E-state index in [0.29, 0.717) is 25.3 Å². The first-order valence-electron chi connectivity index (χ1n) is 9.44. The molecule has 1 amide bonds. The van der Waals surface area contributed by atoms with Crippen molar-refractivity contribution < 1.29 is 9.53 Å². The number of hydrogen-bond acceptors (Lipinski definition) is 5.